The van der Waals surface area contributed by atoms with Crippen LogP contribution < -0.4 is 31.9 Å². The molecule has 6 fully saturated rings. The molecule has 41 heteroatoms. The summed E-state index contributed by atoms with van der Waals surface area (Å²) in [6.45, 7) is 12.1. The molecule has 6 amide bonds. The zero-order valence-electron chi connectivity index (χ0n) is 73.5. The molecule has 0 bridgehead atoms. The van der Waals surface area contributed by atoms with E-state index in [1.54, 1.807) is 50.1 Å². The summed E-state index contributed by atoms with van der Waals surface area (Å²) in [6, 6.07) is 40.1. The molecule has 12 aromatic rings. The van der Waals surface area contributed by atoms with Gasteiger partial charge >= 0.3 is 36.0 Å². The van der Waals surface area contributed by atoms with E-state index in [2.05, 4.69) is 76.8 Å². The highest BCUT2D eigenvalue weighted by Gasteiger charge is 2.57. The fourth-order valence-electron chi connectivity index (χ4n) is 16.5. The van der Waals surface area contributed by atoms with Gasteiger partial charge in [0.05, 0.1) is 107 Å². The molecule has 1 aliphatic carbocycles. The minimum absolute atomic E-state index is 0.00471. The predicted octanol–water partition coefficient (Wildman–Crippen LogP) is 12.6. The maximum absolute atomic E-state index is 14.8. The number of imidazole rings is 3. The van der Waals surface area contributed by atoms with E-state index in [1.165, 1.54) is 86.2 Å². The van der Waals surface area contributed by atoms with Crippen LogP contribution in [0.3, 0.4) is 0 Å². The van der Waals surface area contributed by atoms with Gasteiger partial charge in [-0.05, 0) is 96.0 Å². The summed E-state index contributed by atoms with van der Waals surface area (Å²) in [5.74, 6) is -2.93. The Morgan fingerprint density at radius 1 is 0.396 bits per heavy atom. The lowest BCUT2D eigenvalue weighted by atomic mass is 10.1. The van der Waals surface area contributed by atoms with Gasteiger partial charge in [0.25, 0.3) is 0 Å². The van der Waals surface area contributed by atoms with E-state index in [0.717, 1.165) is 16.7 Å². The summed E-state index contributed by atoms with van der Waals surface area (Å²) < 4.78 is 134. The number of nitrogens with zero attached hydrogens (tertiary/aromatic N) is 12. The topological polar surface area (TPSA) is 435 Å². The Morgan fingerprint density at radius 3 is 1.16 bits per heavy atom. The predicted molar refractivity (Wildman–Crippen MR) is 472 cm³/mol. The minimum atomic E-state index is -0.733. The van der Waals surface area contributed by atoms with Crippen LogP contribution in [0, 0.1) is 23.4 Å². The van der Waals surface area contributed by atoms with E-state index in [9.17, 15) is 41.9 Å². The van der Waals surface area contributed by atoms with Gasteiger partial charge < -0.3 is 86.8 Å². The zero-order chi connectivity index (χ0) is 93.3. The van der Waals surface area contributed by atoms with Crippen molar-refractivity contribution >= 4 is 93.0 Å². The van der Waals surface area contributed by atoms with E-state index >= 15 is 0 Å². The summed E-state index contributed by atoms with van der Waals surface area (Å²) in [7, 11) is 0. The fraction of sp³-hybridized carbons (Fsp3) is 0.366. The van der Waals surface area contributed by atoms with Gasteiger partial charge in [-0.3, -0.25) is 25.1 Å². The molecule has 11 heterocycles. The number of fused-ring (bicyclic) bond motifs is 6. The molecule has 0 spiro atoms. The first-order valence-electron chi connectivity index (χ1n) is 43.7. The summed E-state index contributed by atoms with van der Waals surface area (Å²) in [6.07, 6.45) is 5.43. The van der Waals surface area contributed by atoms with Crippen molar-refractivity contribution in [3.63, 3.8) is 0 Å². The Kier molecular flexibility index (Phi) is 30.5. The number of esters is 3. The van der Waals surface area contributed by atoms with Crippen LogP contribution in [-0.4, -0.2) is 209 Å². The van der Waals surface area contributed by atoms with Crippen molar-refractivity contribution in [3.8, 4) is 0 Å². The molecule has 6 aromatic heterocycles. The van der Waals surface area contributed by atoms with Crippen LogP contribution in [0.25, 0.3) is 39.6 Å². The highest BCUT2D eigenvalue weighted by molar-refractivity contribution is 5.98. The van der Waals surface area contributed by atoms with Gasteiger partial charge in [0.1, 0.15) is 79.2 Å². The van der Waals surface area contributed by atoms with Crippen LogP contribution in [0.15, 0.2) is 190 Å². The summed E-state index contributed by atoms with van der Waals surface area (Å²) in [4.78, 5) is 113. The van der Waals surface area contributed by atoms with E-state index in [4.69, 9.17) is 66.3 Å². The standard InChI is InChI=1S/C33H35FN6O6.2C30H31FN6O7/c1-3-35-33(42)39-30-27-31(37-18-36-30)40(19-38-27)25-15-21(16-43-17-23-22(32(41)44-4-2)11-8-12-24(23)34)28-29(25)46-26(45-28)14-13-20-9-6-5-7-10-20;2*1-3-32-30(39)36-25-22-26(34-15-33-25)37(16-35-22)27-24-23(43-29(44-24)17-9-6-5-7-10-17)21(42-27)14-40-13-19-18(28(38)41-4-2)11-8-12-20(19)31/h5-14,18-19,21,25-26,28-29H,3-4,15-17H2,1-2H3,(H2,35,36,37,39,42);2*5-12,15-16,21,23-24,27,29H,3-4,13-14H2,1-2H3,(H2,32,33,34,36,39)/b14-13+;;/t21?,25?,26-,28?,29?;2*21?,23?,24?,27?,29-/m010/s1. The molecule has 15 atom stereocenters. The second-order valence-corrected chi connectivity index (χ2v) is 31.0. The minimum Gasteiger partial charge on any atom is -0.462 e. The number of halogens is 3. The largest absolute Gasteiger partial charge is 0.462 e. The first-order chi connectivity index (χ1) is 65.4. The van der Waals surface area contributed by atoms with Crippen molar-refractivity contribution in [2.45, 2.75) is 154 Å². The normalized spacial score (nSPS) is 22.5. The van der Waals surface area contributed by atoms with Gasteiger partial charge in [-0.1, -0.05) is 115 Å². The fourth-order valence-corrected chi connectivity index (χ4v) is 16.5. The number of amides is 6. The van der Waals surface area contributed by atoms with Gasteiger partial charge in [-0.15, -0.1) is 0 Å². The van der Waals surface area contributed by atoms with Crippen LogP contribution in [-0.2, 0) is 86.1 Å². The lowest BCUT2D eigenvalue weighted by Crippen LogP contribution is -2.31. The van der Waals surface area contributed by atoms with Crippen molar-refractivity contribution in [1.29, 1.82) is 0 Å². The molecule has 6 N–H and O–H groups in total. The third-order valence-electron chi connectivity index (χ3n) is 22.5. The molecular weight excluding hydrogens is 1750 g/mol. The molecule has 5 aliphatic heterocycles. The summed E-state index contributed by atoms with van der Waals surface area (Å²) in [5.41, 5.74) is 5.85. The van der Waals surface area contributed by atoms with Crippen LogP contribution in [0.1, 0.15) is 143 Å². The van der Waals surface area contributed by atoms with Crippen molar-refractivity contribution < 1.29 is 108 Å². The number of urea groups is 3. The van der Waals surface area contributed by atoms with Crippen LogP contribution in [0.2, 0.25) is 0 Å². The third kappa shape index (κ3) is 21.0. The molecule has 18 rings (SSSR count). The molecular formula is C93H97F3N18O20. The highest BCUT2D eigenvalue weighted by Crippen LogP contribution is 2.49. The van der Waals surface area contributed by atoms with Gasteiger partial charge in [0.2, 0.25) is 0 Å². The van der Waals surface area contributed by atoms with Gasteiger partial charge in [-0.25, -0.2) is 86.8 Å². The van der Waals surface area contributed by atoms with Crippen molar-refractivity contribution in [3.05, 3.63) is 257 Å². The maximum Gasteiger partial charge on any atom is 0.338 e. The number of carbonyl (C=O) groups is 6. The molecule has 12 unspecified atom stereocenters. The zero-order valence-corrected chi connectivity index (χ0v) is 73.5. The third-order valence-corrected chi connectivity index (χ3v) is 22.5. The Labute approximate surface area is 764 Å². The molecule has 6 aromatic carbocycles. The van der Waals surface area contributed by atoms with Crippen molar-refractivity contribution in [1.82, 2.24) is 74.5 Å². The van der Waals surface area contributed by atoms with Crippen molar-refractivity contribution in [2.75, 3.05) is 75.2 Å². The SMILES string of the molecule is CCNC(=O)Nc1ncnc2c1ncn2C1CC(COCc2c(F)cccc2C(=O)OCC)C2O[C@H](/C=C/c3ccccc3)OC21.CCNC(=O)Nc1ncnc2c1ncn2C1OC(COCc2c(F)cccc2C(=O)OCC)C2O[C@@H](c3ccccc3)OC21.CCNC(=O)Nc1ncnc2c1ncn2C1OC(COCc2c(F)cccc2C(=O)OCC)C2O[C@H](c3ccccc3)OC21. The molecule has 6 aliphatic rings. The van der Waals surface area contributed by atoms with Gasteiger partial charge in [0.15, 0.2) is 82.3 Å². The van der Waals surface area contributed by atoms with Crippen molar-refractivity contribution in [2.24, 2.45) is 5.92 Å². The number of benzene rings is 6. The van der Waals surface area contributed by atoms with Crippen LogP contribution in [0.5, 0.6) is 0 Å². The van der Waals surface area contributed by atoms with Gasteiger partial charge in [-0.2, -0.15) is 0 Å². The van der Waals surface area contributed by atoms with Gasteiger partial charge in [0, 0.05) is 53.4 Å². The molecule has 700 valence electrons. The first kappa shape index (κ1) is 93.5. The average molecular weight is 1840 g/mol. The van der Waals surface area contributed by atoms with Crippen LogP contribution >= 0.6 is 0 Å². The van der Waals surface area contributed by atoms with E-state index < -0.39 is 121 Å². The smallest absolute Gasteiger partial charge is 0.338 e. The number of hydrogen-bond donors (Lipinski definition) is 6. The monoisotopic (exact) mass is 1840 g/mol. The second kappa shape index (κ2) is 43.8. The number of ether oxygens (including phenoxy) is 14. The van der Waals surface area contributed by atoms with E-state index in [-0.39, 0.29) is 129 Å². The number of hydrogen-bond acceptors (Lipinski definition) is 29. The second-order valence-electron chi connectivity index (χ2n) is 31.0. The Bertz CT molecular complexity index is 5910. The Morgan fingerprint density at radius 2 is 0.761 bits per heavy atom. The molecule has 5 saturated heterocycles. The Hall–Kier alpha value is -13.7. The molecule has 38 nitrogen and oxygen atoms in total. The van der Waals surface area contributed by atoms with Crippen LogP contribution in [0.4, 0.5) is 45.0 Å². The quantitative estimate of drug-likeness (QED) is 0.0174. The lowest BCUT2D eigenvalue weighted by molar-refractivity contribution is -0.158. The molecule has 1 saturated carbocycles. The lowest BCUT2D eigenvalue weighted by Gasteiger charge is -2.21. The number of nitrogens with one attached hydrogen (secondary N) is 6. The molecule has 134 heavy (non-hydrogen) atoms. The van der Waals surface area contributed by atoms with E-state index in [0.29, 0.717) is 65.4 Å². The number of rotatable bonds is 31. The average Bonchev–Trinajstić information content (AvgIpc) is 1.60. The number of anilines is 3. The highest BCUT2D eigenvalue weighted by atomic mass is 19.1. The maximum atomic E-state index is 14.8. The molecule has 0 radical (unpaired) electrons. The number of aromatic nitrogens is 12. The number of carbonyl (C=O) groups excluding carboxylic acids is 6. The first-order valence-corrected chi connectivity index (χ1v) is 43.7. The summed E-state index contributed by atoms with van der Waals surface area (Å²) in [5, 5.41) is 16.1. The summed E-state index contributed by atoms with van der Waals surface area (Å²) >= 11 is 0. The Balaban J connectivity index is 0.000000146. The van der Waals surface area contributed by atoms with E-state index in [1.807, 2.05) is 115 Å².